The summed E-state index contributed by atoms with van der Waals surface area (Å²) < 4.78 is 24.3. The van der Waals surface area contributed by atoms with Crippen molar-refractivity contribution in [3.8, 4) is 22.9 Å². The van der Waals surface area contributed by atoms with Gasteiger partial charge in [-0.05, 0) is 55.3 Å². The quantitative estimate of drug-likeness (QED) is 0.374. The first-order valence-corrected chi connectivity index (χ1v) is 15.5. The Kier molecular flexibility index (Phi) is 9.22. The molecule has 2 amide bonds. The predicted molar refractivity (Wildman–Crippen MR) is 167 cm³/mol. The summed E-state index contributed by atoms with van der Waals surface area (Å²) in [7, 11) is 4.88. The molecule has 5 rings (SSSR count). The number of methoxy groups -OCH3 is 3. The highest BCUT2D eigenvalue weighted by molar-refractivity contribution is 8.00. The largest absolute Gasteiger partial charge is 0.497 e. The van der Waals surface area contributed by atoms with Crippen LogP contribution in [0.2, 0.25) is 0 Å². The minimum absolute atomic E-state index is 0.00266. The number of carbonyl (C=O) groups excluding carboxylic acids is 2. The molecule has 2 aliphatic heterocycles. The normalized spacial score (nSPS) is 18.7. The number of ether oxygens (including phenoxy) is 4. The van der Waals surface area contributed by atoms with E-state index in [0.29, 0.717) is 36.2 Å². The van der Waals surface area contributed by atoms with Gasteiger partial charge in [-0.15, -0.1) is 11.8 Å². The number of benzene rings is 2. The molecule has 1 N–H and O–H groups in total. The highest BCUT2D eigenvalue weighted by Crippen LogP contribution is 2.51. The van der Waals surface area contributed by atoms with Crippen LogP contribution < -0.4 is 24.4 Å². The molecule has 1 saturated heterocycles. The SMILES string of the molecule is COc1ccc(-n2nc(C(C)(C)C)c3c2N(CC(=O)NC[C@H]2CCCO2)C(=O)CS[C@@H]3c2cc(OC)ccc2OC)cc1. The number of carbonyl (C=O) groups is 2. The van der Waals surface area contributed by atoms with Crippen molar-refractivity contribution >= 4 is 29.4 Å². The topological polar surface area (TPSA) is 104 Å². The first-order chi connectivity index (χ1) is 20.6. The maximum atomic E-state index is 14.0. The number of nitrogens with one attached hydrogen (secondary N) is 1. The number of thioether (sulfide) groups is 1. The molecule has 11 heteroatoms. The standard InChI is InChI=1S/C32H40N4O6S/c1-32(2,3)30-28-29(24-16-22(40-5)13-14-25(24)41-6)43-19-27(38)35(18-26(37)33-17-23-8-7-15-42-23)31(28)36(34-30)20-9-11-21(39-4)12-10-20/h9-14,16,23,29H,7-8,15,17-19H2,1-6H3,(H,33,37)/t23-,29-/m1/s1. The average molecular weight is 609 g/mol. The van der Waals surface area contributed by atoms with E-state index in [0.717, 1.165) is 35.3 Å². The first-order valence-electron chi connectivity index (χ1n) is 14.4. The van der Waals surface area contributed by atoms with Gasteiger partial charge in [0, 0.05) is 29.7 Å². The summed E-state index contributed by atoms with van der Waals surface area (Å²) in [5.41, 5.74) is 2.89. The number of amides is 2. The number of fused-ring (bicyclic) bond motifs is 1. The molecule has 3 heterocycles. The van der Waals surface area contributed by atoms with E-state index in [-0.39, 0.29) is 35.5 Å². The van der Waals surface area contributed by atoms with Crippen molar-refractivity contribution < 1.29 is 28.5 Å². The van der Waals surface area contributed by atoms with E-state index >= 15 is 0 Å². The van der Waals surface area contributed by atoms with Crippen LogP contribution in [0.1, 0.15) is 55.7 Å². The van der Waals surface area contributed by atoms with Gasteiger partial charge in [-0.25, -0.2) is 4.68 Å². The lowest BCUT2D eigenvalue weighted by atomic mass is 9.87. The Hall–Kier alpha value is -3.70. The molecule has 2 atom stereocenters. The fraction of sp³-hybridized carbons (Fsp3) is 0.469. The lowest BCUT2D eigenvalue weighted by molar-refractivity contribution is -0.123. The molecule has 10 nitrogen and oxygen atoms in total. The monoisotopic (exact) mass is 608 g/mol. The number of aromatic nitrogens is 2. The van der Waals surface area contributed by atoms with Gasteiger partial charge in [0.05, 0.1) is 49.8 Å². The van der Waals surface area contributed by atoms with Crippen LogP contribution in [-0.4, -0.2) is 74.5 Å². The lowest BCUT2D eigenvalue weighted by Gasteiger charge is -2.25. The van der Waals surface area contributed by atoms with E-state index < -0.39 is 5.41 Å². The van der Waals surface area contributed by atoms with Gasteiger partial charge in [0.25, 0.3) is 0 Å². The molecular formula is C32H40N4O6S. The van der Waals surface area contributed by atoms with Crippen LogP contribution in [0.5, 0.6) is 17.2 Å². The van der Waals surface area contributed by atoms with Crippen LogP contribution >= 0.6 is 11.8 Å². The minimum Gasteiger partial charge on any atom is -0.497 e. The van der Waals surface area contributed by atoms with Crippen LogP contribution in [0, 0.1) is 0 Å². The Morgan fingerprint density at radius 1 is 1.07 bits per heavy atom. The third-order valence-corrected chi connectivity index (χ3v) is 8.92. The third-order valence-electron chi connectivity index (χ3n) is 7.69. The van der Waals surface area contributed by atoms with Crippen LogP contribution in [-0.2, 0) is 19.7 Å². The molecule has 2 aliphatic rings. The van der Waals surface area contributed by atoms with Crippen LogP contribution in [0.3, 0.4) is 0 Å². The molecular weight excluding hydrogens is 568 g/mol. The van der Waals surface area contributed by atoms with Crippen molar-refractivity contribution in [1.82, 2.24) is 15.1 Å². The molecule has 0 unspecified atom stereocenters. The van der Waals surface area contributed by atoms with E-state index in [2.05, 4.69) is 26.1 Å². The summed E-state index contributed by atoms with van der Waals surface area (Å²) in [5, 5.41) is 7.81. The van der Waals surface area contributed by atoms with E-state index in [4.69, 9.17) is 24.0 Å². The second-order valence-electron chi connectivity index (χ2n) is 11.7. The Labute approximate surface area is 257 Å². The van der Waals surface area contributed by atoms with Gasteiger partial charge >= 0.3 is 0 Å². The van der Waals surface area contributed by atoms with Gasteiger partial charge in [0.15, 0.2) is 0 Å². The molecule has 0 saturated carbocycles. The van der Waals surface area contributed by atoms with Gasteiger partial charge in [-0.1, -0.05) is 20.8 Å². The number of hydrogen-bond acceptors (Lipinski definition) is 8. The molecule has 43 heavy (non-hydrogen) atoms. The van der Waals surface area contributed by atoms with E-state index in [1.807, 2.05) is 42.5 Å². The summed E-state index contributed by atoms with van der Waals surface area (Å²) >= 11 is 1.49. The second kappa shape index (κ2) is 12.9. The number of hydrogen-bond donors (Lipinski definition) is 1. The van der Waals surface area contributed by atoms with Gasteiger partial charge in [0.2, 0.25) is 11.8 Å². The summed E-state index contributed by atoms with van der Waals surface area (Å²) in [4.78, 5) is 28.9. The van der Waals surface area contributed by atoms with Gasteiger partial charge in [0.1, 0.15) is 29.6 Å². The predicted octanol–water partition coefficient (Wildman–Crippen LogP) is 4.66. The zero-order valence-electron chi connectivity index (χ0n) is 25.6. The van der Waals surface area contributed by atoms with Crippen molar-refractivity contribution in [2.45, 2.75) is 50.4 Å². The minimum atomic E-state index is -0.395. The molecule has 2 aromatic carbocycles. The van der Waals surface area contributed by atoms with Crippen molar-refractivity contribution in [3.05, 3.63) is 59.3 Å². The van der Waals surface area contributed by atoms with E-state index in [9.17, 15) is 9.59 Å². The molecule has 0 radical (unpaired) electrons. The highest BCUT2D eigenvalue weighted by atomic mass is 32.2. The second-order valence-corrected chi connectivity index (χ2v) is 12.8. The zero-order chi connectivity index (χ0) is 30.7. The number of anilines is 1. The zero-order valence-corrected chi connectivity index (χ0v) is 26.5. The smallest absolute Gasteiger partial charge is 0.240 e. The van der Waals surface area contributed by atoms with Crippen LogP contribution in [0.25, 0.3) is 5.69 Å². The van der Waals surface area contributed by atoms with Crippen molar-refractivity contribution in [2.24, 2.45) is 0 Å². The Morgan fingerprint density at radius 3 is 2.42 bits per heavy atom. The van der Waals surface area contributed by atoms with Gasteiger partial charge in [-0.2, -0.15) is 5.10 Å². The number of rotatable bonds is 9. The van der Waals surface area contributed by atoms with Crippen molar-refractivity contribution in [2.75, 3.05) is 51.7 Å². The molecule has 1 fully saturated rings. The fourth-order valence-electron chi connectivity index (χ4n) is 5.50. The maximum Gasteiger partial charge on any atom is 0.240 e. The van der Waals surface area contributed by atoms with Gasteiger partial charge in [-0.3, -0.25) is 14.5 Å². The summed E-state index contributed by atoms with van der Waals surface area (Å²) in [6.07, 6.45) is 1.89. The molecule has 1 aromatic heterocycles. The summed E-state index contributed by atoms with van der Waals surface area (Å²) in [6.45, 7) is 7.28. The van der Waals surface area contributed by atoms with Crippen molar-refractivity contribution in [3.63, 3.8) is 0 Å². The molecule has 0 bridgehead atoms. The van der Waals surface area contributed by atoms with Crippen LogP contribution in [0.4, 0.5) is 5.82 Å². The molecule has 0 aliphatic carbocycles. The van der Waals surface area contributed by atoms with Crippen LogP contribution in [0.15, 0.2) is 42.5 Å². The molecule has 0 spiro atoms. The Balaban J connectivity index is 1.69. The van der Waals surface area contributed by atoms with Gasteiger partial charge < -0.3 is 24.3 Å². The molecule has 3 aromatic rings. The highest BCUT2D eigenvalue weighted by Gasteiger charge is 2.41. The Morgan fingerprint density at radius 2 is 1.79 bits per heavy atom. The van der Waals surface area contributed by atoms with E-state index in [1.165, 1.54) is 11.8 Å². The first kappa shape index (κ1) is 30.7. The Bertz CT molecular complexity index is 1460. The lowest BCUT2D eigenvalue weighted by Crippen LogP contribution is -2.44. The summed E-state index contributed by atoms with van der Waals surface area (Å²) in [5.74, 6) is 2.34. The molecule has 230 valence electrons. The fourth-order valence-corrected chi connectivity index (χ4v) is 6.71. The average Bonchev–Trinajstić information content (AvgIpc) is 3.65. The number of nitrogens with zero attached hydrogens (tertiary/aromatic N) is 3. The summed E-state index contributed by atoms with van der Waals surface area (Å²) in [6, 6.07) is 13.2. The van der Waals surface area contributed by atoms with E-state index in [1.54, 1.807) is 30.9 Å². The third kappa shape index (κ3) is 6.47. The maximum absolute atomic E-state index is 14.0. The van der Waals surface area contributed by atoms with Crippen molar-refractivity contribution in [1.29, 1.82) is 0 Å².